The van der Waals surface area contributed by atoms with E-state index in [9.17, 15) is 9.59 Å². The Kier molecular flexibility index (Phi) is 5.19. The summed E-state index contributed by atoms with van der Waals surface area (Å²) in [5, 5.41) is 3.42. The van der Waals surface area contributed by atoms with E-state index < -0.39 is 5.97 Å². The summed E-state index contributed by atoms with van der Waals surface area (Å²) >= 11 is 2.92. The van der Waals surface area contributed by atoms with E-state index in [2.05, 4.69) is 30.7 Å². The van der Waals surface area contributed by atoms with Crippen molar-refractivity contribution in [3.63, 3.8) is 0 Å². The fraction of sp³-hybridized carbons (Fsp3) is 0.200. The third-order valence-corrected chi connectivity index (χ3v) is 2.28. The second-order valence-electron chi connectivity index (χ2n) is 2.95. The zero-order valence-electron chi connectivity index (χ0n) is 8.67. The van der Waals surface area contributed by atoms with E-state index in [1.54, 1.807) is 0 Å². The second-order valence-corrected chi connectivity index (χ2v) is 3.51. The van der Waals surface area contributed by atoms with Crippen LogP contribution in [0.1, 0.15) is 10.4 Å². The lowest BCUT2D eigenvalue weighted by Crippen LogP contribution is -2.14. The summed E-state index contributed by atoms with van der Waals surface area (Å²) in [4.78, 5) is 25.0. The molecule has 7 heteroatoms. The lowest BCUT2D eigenvalue weighted by molar-refractivity contribution is -0.139. The Hall–Kier alpha value is -1.85. The predicted molar refractivity (Wildman–Crippen MR) is 64.3 cm³/mol. The number of carbonyl (C=O) groups excluding carboxylic acids is 2. The van der Waals surface area contributed by atoms with Crippen molar-refractivity contribution < 1.29 is 14.3 Å². The van der Waals surface area contributed by atoms with Crippen molar-refractivity contribution in [1.82, 2.24) is 0 Å². The van der Waals surface area contributed by atoms with Crippen LogP contribution in [0.15, 0.2) is 29.4 Å². The van der Waals surface area contributed by atoms with Gasteiger partial charge in [-0.15, -0.1) is 0 Å². The minimum absolute atomic E-state index is 0.0517. The van der Waals surface area contributed by atoms with Gasteiger partial charge >= 0.3 is 5.97 Å². The van der Waals surface area contributed by atoms with Crippen molar-refractivity contribution in [3.05, 3.63) is 40.3 Å². The number of benzene rings is 1. The Balaban J connectivity index is 2.63. The van der Waals surface area contributed by atoms with E-state index in [1.165, 1.54) is 24.3 Å². The first-order valence-corrected chi connectivity index (χ1v) is 5.69. The topological polar surface area (TPSA) is 92.1 Å². The molecular formula is C10H8BrN3O3. The van der Waals surface area contributed by atoms with Crippen LogP contribution in [0.2, 0.25) is 0 Å². The van der Waals surface area contributed by atoms with Gasteiger partial charge in [0.15, 0.2) is 12.4 Å². The Bertz CT molecular complexity index is 466. The molecule has 17 heavy (non-hydrogen) atoms. The van der Waals surface area contributed by atoms with Crippen LogP contribution in [-0.2, 0) is 9.53 Å². The van der Waals surface area contributed by atoms with Gasteiger partial charge in [0, 0.05) is 16.2 Å². The molecule has 0 aliphatic rings. The van der Waals surface area contributed by atoms with Crippen molar-refractivity contribution in [2.24, 2.45) is 5.11 Å². The van der Waals surface area contributed by atoms with E-state index in [0.29, 0.717) is 11.3 Å². The monoisotopic (exact) mass is 297 g/mol. The summed E-state index contributed by atoms with van der Waals surface area (Å²) in [5.41, 5.74) is 9.01. The van der Waals surface area contributed by atoms with Crippen LogP contribution in [0, 0.1) is 0 Å². The number of ether oxygens (including phenoxy) is 1. The number of nitrogens with zero attached hydrogens (tertiary/aromatic N) is 3. The fourth-order valence-corrected chi connectivity index (χ4v) is 1.20. The van der Waals surface area contributed by atoms with Gasteiger partial charge in [-0.3, -0.25) is 9.59 Å². The fourth-order valence-electron chi connectivity index (χ4n) is 1.03. The highest BCUT2D eigenvalue weighted by molar-refractivity contribution is 9.09. The zero-order valence-corrected chi connectivity index (χ0v) is 10.3. The highest BCUT2D eigenvalue weighted by atomic mass is 79.9. The van der Waals surface area contributed by atoms with Gasteiger partial charge in [-0.2, -0.15) is 0 Å². The first kappa shape index (κ1) is 13.2. The Morgan fingerprint density at radius 3 is 2.53 bits per heavy atom. The summed E-state index contributed by atoms with van der Waals surface area (Å²) in [5.74, 6) is -0.809. The number of Topliss-reactive ketones (excluding diaryl/α,β-unsaturated/α-hetero) is 1. The van der Waals surface area contributed by atoms with Crippen LogP contribution >= 0.6 is 15.9 Å². The molecule has 6 nitrogen and oxygen atoms in total. The van der Waals surface area contributed by atoms with Gasteiger partial charge < -0.3 is 4.74 Å². The molecule has 0 bridgehead atoms. The van der Waals surface area contributed by atoms with Gasteiger partial charge in [-0.05, 0) is 5.53 Å². The molecule has 0 fully saturated rings. The van der Waals surface area contributed by atoms with Crippen molar-refractivity contribution in [1.29, 1.82) is 0 Å². The smallest absolute Gasteiger partial charge is 0.317 e. The molecule has 0 aromatic heterocycles. The van der Waals surface area contributed by atoms with E-state index >= 15 is 0 Å². The summed E-state index contributed by atoms with van der Waals surface area (Å²) in [7, 11) is 0. The number of ketones is 1. The number of hydrogen-bond acceptors (Lipinski definition) is 4. The van der Waals surface area contributed by atoms with Crippen LogP contribution in [0.4, 0.5) is 5.69 Å². The molecule has 0 atom stereocenters. The molecule has 0 heterocycles. The minimum atomic E-state index is -0.496. The van der Waals surface area contributed by atoms with Crippen LogP contribution in [0.5, 0.6) is 0 Å². The van der Waals surface area contributed by atoms with Gasteiger partial charge in [-0.25, -0.2) is 0 Å². The molecule has 0 spiro atoms. The molecule has 0 unspecified atom stereocenters. The molecule has 1 aromatic carbocycles. The molecule has 0 amide bonds. The lowest BCUT2D eigenvalue weighted by atomic mass is 10.1. The number of azide groups is 1. The highest BCUT2D eigenvalue weighted by Gasteiger charge is 2.08. The molecule has 0 aliphatic heterocycles. The lowest BCUT2D eigenvalue weighted by Gasteiger charge is -2.02. The molecule has 1 aromatic rings. The van der Waals surface area contributed by atoms with Gasteiger partial charge in [0.2, 0.25) is 0 Å². The molecule has 0 saturated carbocycles. The normalized spacial score (nSPS) is 9.24. The highest BCUT2D eigenvalue weighted by Crippen LogP contribution is 2.13. The predicted octanol–water partition coefficient (Wildman–Crippen LogP) is 2.75. The summed E-state index contributed by atoms with van der Waals surface area (Å²) in [6.45, 7) is -0.300. The molecule has 88 valence electrons. The largest absolute Gasteiger partial charge is 0.457 e. The minimum Gasteiger partial charge on any atom is -0.457 e. The Morgan fingerprint density at radius 1 is 1.35 bits per heavy atom. The summed E-state index contributed by atoms with van der Waals surface area (Å²) in [6, 6.07) is 6.04. The van der Waals surface area contributed by atoms with Gasteiger partial charge in [-0.1, -0.05) is 45.3 Å². The average molecular weight is 298 g/mol. The number of carbonyl (C=O) groups is 2. The van der Waals surface area contributed by atoms with Crippen molar-refractivity contribution in [2.75, 3.05) is 11.9 Å². The zero-order chi connectivity index (χ0) is 12.7. The van der Waals surface area contributed by atoms with E-state index in [1.807, 2.05) is 0 Å². The van der Waals surface area contributed by atoms with Crippen molar-refractivity contribution in [3.8, 4) is 0 Å². The number of rotatable bonds is 5. The Labute approximate surface area is 105 Å². The summed E-state index contributed by atoms with van der Waals surface area (Å²) < 4.78 is 4.67. The maximum Gasteiger partial charge on any atom is 0.317 e. The molecular weight excluding hydrogens is 290 g/mol. The van der Waals surface area contributed by atoms with Gasteiger partial charge in [0.25, 0.3) is 0 Å². The van der Waals surface area contributed by atoms with E-state index in [-0.39, 0.29) is 17.7 Å². The molecule has 0 aliphatic carbocycles. The molecule has 0 N–H and O–H groups in total. The number of alkyl halides is 1. The number of hydrogen-bond donors (Lipinski definition) is 0. The van der Waals surface area contributed by atoms with Crippen LogP contribution < -0.4 is 0 Å². The SMILES string of the molecule is [N-]=[N+]=Nc1ccc(C(=O)COC(=O)CBr)cc1. The molecule has 1 rings (SSSR count). The van der Waals surface area contributed by atoms with Gasteiger partial charge in [0.05, 0.1) is 0 Å². The number of esters is 1. The first-order valence-electron chi connectivity index (χ1n) is 4.57. The second kappa shape index (κ2) is 6.67. The standard InChI is InChI=1S/C10H8BrN3O3/c11-5-10(16)17-6-9(15)7-1-3-8(4-2-7)13-14-12/h1-4H,5-6H2. The van der Waals surface area contributed by atoms with Crippen LogP contribution in [-0.4, -0.2) is 23.7 Å². The maximum absolute atomic E-state index is 11.5. The number of halogens is 1. The van der Waals surface area contributed by atoms with Crippen LogP contribution in [0.3, 0.4) is 0 Å². The third kappa shape index (κ3) is 4.26. The maximum atomic E-state index is 11.5. The Morgan fingerprint density at radius 2 is 2.00 bits per heavy atom. The van der Waals surface area contributed by atoms with E-state index in [4.69, 9.17) is 5.53 Å². The summed E-state index contributed by atoms with van der Waals surface area (Å²) in [6.07, 6.45) is 0. The molecule has 0 radical (unpaired) electrons. The van der Waals surface area contributed by atoms with E-state index in [0.717, 1.165) is 0 Å². The van der Waals surface area contributed by atoms with Crippen molar-refractivity contribution >= 4 is 33.4 Å². The quantitative estimate of drug-likeness (QED) is 0.209. The molecule has 0 saturated heterocycles. The average Bonchev–Trinajstić information content (AvgIpc) is 2.36. The van der Waals surface area contributed by atoms with Crippen molar-refractivity contribution in [2.45, 2.75) is 0 Å². The van der Waals surface area contributed by atoms with Gasteiger partial charge in [0.1, 0.15) is 5.33 Å². The first-order chi connectivity index (χ1) is 8.17. The third-order valence-electron chi connectivity index (χ3n) is 1.82. The van der Waals surface area contributed by atoms with Crippen LogP contribution in [0.25, 0.3) is 10.4 Å².